The number of hydrogen-bond donors (Lipinski definition) is 0. The number of allylic oxidation sites excluding steroid dienone is 1. The van der Waals surface area contributed by atoms with Gasteiger partial charge in [-0.05, 0) is 74.8 Å². The van der Waals surface area contributed by atoms with Crippen LogP contribution in [0.1, 0.15) is 43.7 Å². The standard InChI is InChI=1S/C26H24/c1-2-3-4-7-18-14-21-10-12-24-23(25(21)15-18)13-11-22-16-19-8-5-6-9-20(19)17-26(22)24/h5-6,8-13,15-17H,2-4,7,14H2,1H3. The minimum atomic E-state index is 1.14. The van der Waals surface area contributed by atoms with E-state index in [-0.39, 0.29) is 0 Å². The van der Waals surface area contributed by atoms with Crippen LogP contribution in [0.25, 0.3) is 38.4 Å². The summed E-state index contributed by atoms with van der Waals surface area (Å²) >= 11 is 0. The van der Waals surface area contributed by atoms with E-state index in [0.29, 0.717) is 0 Å². The summed E-state index contributed by atoms with van der Waals surface area (Å²) in [6.45, 7) is 2.28. The van der Waals surface area contributed by atoms with E-state index in [0.717, 1.165) is 6.42 Å². The Morgan fingerprint density at radius 2 is 1.54 bits per heavy atom. The van der Waals surface area contributed by atoms with Gasteiger partial charge in [0.1, 0.15) is 0 Å². The molecule has 0 radical (unpaired) electrons. The van der Waals surface area contributed by atoms with E-state index in [9.17, 15) is 0 Å². The second-order valence-electron chi connectivity index (χ2n) is 7.66. The summed E-state index contributed by atoms with van der Waals surface area (Å²) < 4.78 is 0. The monoisotopic (exact) mass is 336 g/mol. The van der Waals surface area contributed by atoms with Crippen molar-refractivity contribution in [1.82, 2.24) is 0 Å². The zero-order chi connectivity index (χ0) is 17.5. The van der Waals surface area contributed by atoms with Crippen LogP contribution < -0.4 is 0 Å². The molecule has 0 aromatic heterocycles. The molecule has 0 nitrogen and oxygen atoms in total. The van der Waals surface area contributed by atoms with Crippen LogP contribution in [0.2, 0.25) is 0 Å². The first kappa shape index (κ1) is 15.6. The highest BCUT2D eigenvalue weighted by molar-refractivity contribution is 6.14. The Kier molecular flexibility index (Phi) is 3.78. The lowest BCUT2D eigenvalue weighted by Crippen LogP contribution is -1.87. The van der Waals surface area contributed by atoms with Gasteiger partial charge in [-0.1, -0.05) is 79.9 Å². The molecule has 1 aliphatic carbocycles. The fourth-order valence-electron chi connectivity index (χ4n) is 4.49. The third kappa shape index (κ3) is 2.52. The van der Waals surface area contributed by atoms with Crippen LogP contribution in [0.3, 0.4) is 0 Å². The smallest absolute Gasteiger partial charge is 0.00576 e. The van der Waals surface area contributed by atoms with Crippen LogP contribution in [-0.2, 0) is 6.42 Å². The number of unbranched alkanes of at least 4 members (excludes halogenated alkanes) is 2. The average molecular weight is 336 g/mol. The van der Waals surface area contributed by atoms with Crippen molar-refractivity contribution >= 4 is 38.4 Å². The van der Waals surface area contributed by atoms with Gasteiger partial charge in [0.05, 0.1) is 0 Å². The summed E-state index contributed by atoms with van der Waals surface area (Å²) in [5.41, 5.74) is 4.58. The summed E-state index contributed by atoms with van der Waals surface area (Å²) in [5, 5.41) is 8.15. The number of benzene rings is 4. The quantitative estimate of drug-likeness (QED) is 0.204. The molecule has 128 valence electrons. The number of hydrogen-bond acceptors (Lipinski definition) is 0. The molecular formula is C26H24. The van der Waals surface area contributed by atoms with Crippen LogP contribution in [0.4, 0.5) is 0 Å². The highest BCUT2D eigenvalue weighted by Crippen LogP contribution is 2.37. The van der Waals surface area contributed by atoms with Gasteiger partial charge in [-0.15, -0.1) is 0 Å². The molecule has 0 fully saturated rings. The van der Waals surface area contributed by atoms with Gasteiger partial charge in [-0.3, -0.25) is 0 Å². The van der Waals surface area contributed by atoms with Crippen molar-refractivity contribution in [3.05, 3.63) is 77.4 Å². The van der Waals surface area contributed by atoms with Gasteiger partial charge in [0.2, 0.25) is 0 Å². The van der Waals surface area contributed by atoms with Gasteiger partial charge in [-0.2, -0.15) is 0 Å². The maximum Gasteiger partial charge on any atom is -0.00576 e. The van der Waals surface area contributed by atoms with Gasteiger partial charge in [0, 0.05) is 0 Å². The summed E-state index contributed by atoms with van der Waals surface area (Å²) in [4.78, 5) is 0. The molecule has 4 aromatic rings. The zero-order valence-corrected chi connectivity index (χ0v) is 15.4. The molecule has 0 N–H and O–H groups in total. The summed E-state index contributed by atoms with van der Waals surface area (Å²) in [7, 11) is 0. The zero-order valence-electron chi connectivity index (χ0n) is 15.4. The van der Waals surface area contributed by atoms with E-state index >= 15 is 0 Å². The molecule has 0 saturated heterocycles. The molecular weight excluding hydrogens is 312 g/mol. The topological polar surface area (TPSA) is 0 Å². The molecule has 0 spiro atoms. The molecule has 0 bridgehead atoms. The fourth-order valence-corrected chi connectivity index (χ4v) is 4.49. The Hall–Kier alpha value is -2.60. The van der Waals surface area contributed by atoms with Crippen LogP contribution in [0, 0.1) is 0 Å². The van der Waals surface area contributed by atoms with Gasteiger partial charge in [-0.25, -0.2) is 0 Å². The first-order valence-corrected chi connectivity index (χ1v) is 9.90. The normalized spacial score (nSPS) is 13.5. The molecule has 0 aliphatic heterocycles. The molecule has 1 aliphatic rings. The average Bonchev–Trinajstić information content (AvgIpc) is 3.09. The molecule has 26 heavy (non-hydrogen) atoms. The molecule has 0 amide bonds. The maximum absolute atomic E-state index is 2.47. The molecule has 5 rings (SSSR count). The van der Waals surface area contributed by atoms with Crippen molar-refractivity contribution in [2.75, 3.05) is 0 Å². The van der Waals surface area contributed by atoms with Gasteiger partial charge in [0.15, 0.2) is 0 Å². The molecule has 0 heteroatoms. The maximum atomic E-state index is 2.47. The van der Waals surface area contributed by atoms with E-state index < -0.39 is 0 Å². The Labute approximate surface area is 155 Å². The third-order valence-corrected chi connectivity index (χ3v) is 5.88. The second kappa shape index (κ2) is 6.29. The Morgan fingerprint density at radius 3 is 2.38 bits per heavy atom. The van der Waals surface area contributed by atoms with E-state index in [1.807, 2.05) is 0 Å². The molecule has 0 heterocycles. The van der Waals surface area contributed by atoms with Crippen LogP contribution in [0.5, 0.6) is 0 Å². The largest absolute Gasteiger partial charge is 0.0654 e. The lowest BCUT2D eigenvalue weighted by Gasteiger charge is -2.09. The van der Waals surface area contributed by atoms with Crippen LogP contribution in [-0.4, -0.2) is 0 Å². The van der Waals surface area contributed by atoms with Crippen molar-refractivity contribution in [2.24, 2.45) is 0 Å². The number of rotatable bonds is 4. The summed E-state index contributed by atoms with van der Waals surface area (Å²) in [5.74, 6) is 0. The summed E-state index contributed by atoms with van der Waals surface area (Å²) in [6.07, 6.45) is 8.83. The highest BCUT2D eigenvalue weighted by atomic mass is 14.2. The third-order valence-electron chi connectivity index (χ3n) is 5.88. The lowest BCUT2D eigenvalue weighted by molar-refractivity contribution is 0.709. The molecule has 0 atom stereocenters. The van der Waals surface area contributed by atoms with Crippen LogP contribution >= 0.6 is 0 Å². The van der Waals surface area contributed by atoms with Crippen LogP contribution in [0.15, 0.2) is 66.2 Å². The van der Waals surface area contributed by atoms with Crippen molar-refractivity contribution < 1.29 is 0 Å². The van der Waals surface area contributed by atoms with Crippen molar-refractivity contribution in [3.63, 3.8) is 0 Å². The fraction of sp³-hybridized carbons (Fsp3) is 0.231. The first-order valence-electron chi connectivity index (χ1n) is 9.90. The number of fused-ring (bicyclic) bond motifs is 6. The first-order chi connectivity index (χ1) is 12.8. The minimum absolute atomic E-state index is 1.14. The van der Waals surface area contributed by atoms with E-state index in [1.165, 1.54) is 69.1 Å². The van der Waals surface area contributed by atoms with Gasteiger partial charge < -0.3 is 0 Å². The predicted molar refractivity (Wildman–Crippen MR) is 115 cm³/mol. The predicted octanol–water partition coefficient (Wildman–Crippen LogP) is 7.67. The Morgan fingerprint density at radius 1 is 0.731 bits per heavy atom. The second-order valence-corrected chi connectivity index (χ2v) is 7.66. The van der Waals surface area contributed by atoms with E-state index in [2.05, 4.69) is 73.7 Å². The Bertz CT molecular complexity index is 1160. The van der Waals surface area contributed by atoms with E-state index in [1.54, 1.807) is 5.57 Å². The lowest BCUT2D eigenvalue weighted by atomic mass is 9.94. The van der Waals surface area contributed by atoms with Gasteiger partial charge in [0.25, 0.3) is 0 Å². The molecule has 0 saturated carbocycles. The van der Waals surface area contributed by atoms with Crippen molar-refractivity contribution in [1.29, 1.82) is 0 Å². The Balaban J connectivity index is 1.67. The van der Waals surface area contributed by atoms with Crippen molar-refractivity contribution in [3.8, 4) is 0 Å². The molecule has 4 aromatic carbocycles. The van der Waals surface area contributed by atoms with Crippen molar-refractivity contribution in [2.45, 2.75) is 39.0 Å². The van der Waals surface area contributed by atoms with Gasteiger partial charge >= 0.3 is 0 Å². The van der Waals surface area contributed by atoms with E-state index in [4.69, 9.17) is 0 Å². The summed E-state index contributed by atoms with van der Waals surface area (Å²) in [6, 6.07) is 22.7. The minimum Gasteiger partial charge on any atom is -0.0654 e. The molecule has 0 unspecified atom stereocenters. The SMILES string of the molecule is CCCCCC1=Cc2c(ccc3c2ccc2cc4ccccc4cc23)C1. The highest BCUT2D eigenvalue weighted by Gasteiger charge is 2.16.